The van der Waals surface area contributed by atoms with Crippen LogP contribution in [0, 0.1) is 0 Å². The number of carbonyl (C=O) groups excluding carboxylic acids is 1. The quantitative estimate of drug-likeness (QED) is 0.747. The topological polar surface area (TPSA) is 41.1 Å². The highest BCUT2D eigenvalue weighted by atomic mass is 79.9. The summed E-state index contributed by atoms with van der Waals surface area (Å²) in [5, 5.41) is 5.92. The second-order valence-electron chi connectivity index (χ2n) is 2.96. The molecule has 1 unspecified atom stereocenters. The first-order valence-electron chi connectivity index (χ1n) is 4.39. The minimum absolute atomic E-state index is 0.0500. The van der Waals surface area contributed by atoms with Gasteiger partial charge in [-0.2, -0.15) is 0 Å². The Hall–Kier alpha value is -0.350. The van der Waals surface area contributed by atoms with Gasteiger partial charge in [0, 0.05) is 23.5 Å². The average Bonchev–Trinajstić information content (AvgIpc) is 2.01. The number of hydrogen-bond donors (Lipinski definition) is 2. The van der Waals surface area contributed by atoms with Crippen LogP contribution in [0.25, 0.3) is 0 Å². The lowest BCUT2D eigenvalue weighted by Gasteiger charge is -2.11. The fourth-order valence-corrected chi connectivity index (χ4v) is 1.11. The molecule has 0 spiro atoms. The van der Waals surface area contributed by atoms with Crippen LogP contribution in [0.5, 0.6) is 0 Å². The molecule has 0 aliphatic rings. The first kappa shape index (κ1) is 12.7. The fraction of sp³-hybridized carbons (Fsp3) is 0.667. The van der Waals surface area contributed by atoms with Crippen LogP contribution in [0.3, 0.4) is 0 Å². The van der Waals surface area contributed by atoms with Crippen molar-refractivity contribution in [2.75, 3.05) is 13.1 Å². The van der Waals surface area contributed by atoms with Crippen molar-refractivity contribution in [2.45, 2.75) is 26.3 Å². The molecule has 0 bridgehead atoms. The molecule has 13 heavy (non-hydrogen) atoms. The number of rotatable bonds is 6. The highest BCUT2D eigenvalue weighted by Crippen LogP contribution is 1.97. The molecular weight excluding hydrogens is 232 g/mol. The molecule has 0 saturated heterocycles. The summed E-state index contributed by atoms with van der Waals surface area (Å²) < 4.78 is 0.789. The fourth-order valence-electron chi connectivity index (χ4n) is 0.965. The van der Waals surface area contributed by atoms with E-state index in [9.17, 15) is 4.79 Å². The van der Waals surface area contributed by atoms with E-state index in [-0.39, 0.29) is 11.9 Å². The maximum Gasteiger partial charge on any atom is 0.221 e. The predicted molar refractivity (Wildman–Crippen MR) is 58.8 cm³/mol. The summed E-state index contributed by atoms with van der Waals surface area (Å²) in [4.78, 5) is 11.2. The SMILES string of the molecule is C=C(Br)CNC(=O)CC(C)NCC. The minimum atomic E-state index is 0.0500. The summed E-state index contributed by atoms with van der Waals surface area (Å²) in [6.45, 7) is 9.03. The third kappa shape index (κ3) is 7.99. The van der Waals surface area contributed by atoms with Gasteiger partial charge in [-0.15, -0.1) is 0 Å². The molecule has 0 aromatic heterocycles. The molecule has 76 valence electrons. The van der Waals surface area contributed by atoms with Crippen LogP contribution in [0.2, 0.25) is 0 Å². The van der Waals surface area contributed by atoms with E-state index in [4.69, 9.17) is 0 Å². The lowest BCUT2D eigenvalue weighted by molar-refractivity contribution is -0.121. The maximum absolute atomic E-state index is 11.2. The standard InChI is InChI=1S/C9H17BrN2O/c1-4-11-8(3)5-9(13)12-6-7(2)10/h8,11H,2,4-6H2,1,3H3,(H,12,13). The van der Waals surface area contributed by atoms with Crippen molar-refractivity contribution < 1.29 is 4.79 Å². The molecule has 4 heteroatoms. The van der Waals surface area contributed by atoms with Crippen molar-refractivity contribution in [3.63, 3.8) is 0 Å². The van der Waals surface area contributed by atoms with E-state index in [1.165, 1.54) is 0 Å². The number of halogens is 1. The zero-order chi connectivity index (χ0) is 10.3. The Kier molecular flexibility index (Phi) is 6.90. The average molecular weight is 249 g/mol. The molecule has 0 aromatic rings. The highest BCUT2D eigenvalue weighted by Gasteiger charge is 2.06. The third-order valence-corrected chi connectivity index (χ3v) is 1.80. The highest BCUT2D eigenvalue weighted by molar-refractivity contribution is 9.11. The predicted octanol–water partition coefficient (Wildman–Crippen LogP) is 1.40. The summed E-state index contributed by atoms with van der Waals surface area (Å²) in [5.41, 5.74) is 0. The third-order valence-electron chi connectivity index (χ3n) is 1.52. The van der Waals surface area contributed by atoms with Crippen LogP contribution in [0.1, 0.15) is 20.3 Å². The largest absolute Gasteiger partial charge is 0.351 e. The molecule has 0 aliphatic carbocycles. The molecule has 0 fully saturated rings. The van der Waals surface area contributed by atoms with Gasteiger partial charge in [-0.3, -0.25) is 4.79 Å². The van der Waals surface area contributed by atoms with Gasteiger partial charge in [0.1, 0.15) is 0 Å². The molecule has 1 amide bonds. The smallest absolute Gasteiger partial charge is 0.221 e. The zero-order valence-corrected chi connectivity index (χ0v) is 9.78. The van der Waals surface area contributed by atoms with Gasteiger partial charge in [0.25, 0.3) is 0 Å². The van der Waals surface area contributed by atoms with Gasteiger partial charge >= 0.3 is 0 Å². The summed E-state index contributed by atoms with van der Waals surface area (Å²) >= 11 is 3.18. The van der Waals surface area contributed by atoms with Gasteiger partial charge in [-0.1, -0.05) is 29.4 Å². The monoisotopic (exact) mass is 248 g/mol. The maximum atomic E-state index is 11.2. The van der Waals surface area contributed by atoms with Crippen LogP contribution < -0.4 is 10.6 Å². The van der Waals surface area contributed by atoms with Crippen LogP contribution in [0.15, 0.2) is 11.1 Å². The Morgan fingerprint density at radius 3 is 2.69 bits per heavy atom. The van der Waals surface area contributed by atoms with Gasteiger partial charge in [0.05, 0.1) is 0 Å². The van der Waals surface area contributed by atoms with E-state index in [1.807, 2.05) is 13.8 Å². The number of hydrogen-bond acceptors (Lipinski definition) is 2. The molecule has 0 aromatic carbocycles. The van der Waals surface area contributed by atoms with Gasteiger partial charge in [0.15, 0.2) is 0 Å². The van der Waals surface area contributed by atoms with Gasteiger partial charge in [-0.05, 0) is 13.5 Å². The van der Waals surface area contributed by atoms with Crippen LogP contribution in [-0.4, -0.2) is 25.0 Å². The minimum Gasteiger partial charge on any atom is -0.351 e. The summed E-state index contributed by atoms with van der Waals surface area (Å²) in [5.74, 6) is 0.0500. The summed E-state index contributed by atoms with van der Waals surface area (Å²) in [6, 6.07) is 0.230. The van der Waals surface area contributed by atoms with Crippen molar-refractivity contribution in [1.82, 2.24) is 10.6 Å². The molecule has 2 N–H and O–H groups in total. The van der Waals surface area contributed by atoms with Gasteiger partial charge < -0.3 is 10.6 Å². The second kappa shape index (κ2) is 7.09. The zero-order valence-electron chi connectivity index (χ0n) is 8.19. The Morgan fingerprint density at radius 2 is 2.23 bits per heavy atom. The molecule has 0 rings (SSSR count). The number of carbonyl (C=O) groups is 1. The van der Waals surface area contributed by atoms with Crippen LogP contribution >= 0.6 is 15.9 Å². The van der Waals surface area contributed by atoms with E-state index in [0.29, 0.717) is 13.0 Å². The van der Waals surface area contributed by atoms with Crippen LogP contribution in [-0.2, 0) is 4.79 Å². The van der Waals surface area contributed by atoms with Crippen molar-refractivity contribution >= 4 is 21.8 Å². The Morgan fingerprint density at radius 1 is 1.62 bits per heavy atom. The Balaban J connectivity index is 3.55. The first-order chi connectivity index (χ1) is 6.06. The lowest BCUT2D eigenvalue weighted by atomic mass is 10.2. The summed E-state index contributed by atoms with van der Waals surface area (Å²) in [6.07, 6.45) is 0.508. The Labute approximate surface area is 88.1 Å². The normalized spacial score (nSPS) is 12.2. The van der Waals surface area contributed by atoms with Crippen LogP contribution in [0.4, 0.5) is 0 Å². The molecular formula is C9H17BrN2O. The molecule has 3 nitrogen and oxygen atoms in total. The molecule has 1 atom stereocenters. The van der Waals surface area contributed by atoms with E-state index in [2.05, 4.69) is 33.1 Å². The number of amides is 1. The van der Waals surface area contributed by atoms with Gasteiger partial charge in [-0.25, -0.2) is 0 Å². The lowest BCUT2D eigenvalue weighted by Crippen LogP contribution is -2.34. The van der Waals surface area contributed by atoms with E-state index < -0.39 is 0 Å². The van der Waals surface area contributed by atoms with E-state index in [1.54, 1.807) is 0 Å². The molecule has 0 radical (unpaired) electrons. The van der Waals surface area contributed by atoms with Crippen molar-refractivity contribution in [2.24, 2.45) is 0 Å². The first-order valence-corrected chi connectivity index (χ1v) is 5.19. The molecule has 0 heterocycles. The van der Waals surface area contributed by atoms with Crippen molar-refractivity contribution in [3.05, 3.63) is 11.1 Å². The summed E-state index contributed by atoms with van der Waals surface area (Å²) in [7, 11) is 0. The second-order valence-corrected chi connectivity index (χ2v) is 4.08. The van der Waals surface area contributed by atoms with Crippen molar-refractivity contribution in [1.29, 1.82) is 0 Å². The van der Waals surface area contributed by atoms with E-state index >= 15 is 0 Å². The van der Waals surface area contributed by atoms with Gasteiger partial charge in [0.2, 0.25) is 5.91 Å². The van der Waals surface area contributed by atoms with Crippen molar-refractivity contribution in [3.8, 4) is 0 Å². The molecule has 0 saturated carbocycles. The molecule has 0 aliphatic heterocycles. The Bertz CT molecular complexity index is 182. The number of nitrogens with one attached hydrogen (secondary N) is 2. The van der Waals surface area contributed by atoms with E-state index in [0.717, 1.165) is 11.0 Å².